The minimum atomic E-state index is -0.307. The predicted molar refractivity (Wildman–Crippen MR) is 103 cm³/mol. The Kier molecular flexibility index (Phi) is 5.57. The van der Waals surface area contributed by atoms with Crippen LogP contribution in [0.15, 0.2) is 24.5 Å². The zero-order valence-electron chi connectivity index (χ0n) is 15.7. The molecule has 7 nitrogen and oxygen atoms in total. The Morgan fingerprint density at radius 2 is 2.19 bits per heavy atom. The van der Waals surface area contributed by atoms with E-state index in [0.717, 1.165) is 51.0 Å². The van der Waals surface area contributed by atoms with Gasteiger partial charge in [-0.25, -0.2) is 0 Å². The molecule has 4 rings (SSSR count). The van der Waals surface area contributed by atoms with Crippen LogP contribution in [0.1, 0.15) is 32.1 Å². The van der Waals surface area contributed by atoms with E-state index in [4.69, 9.17) is 0 Å². The van der Waals surface area contributed by atoms with Crippen LogP contribution in [0.25, 0.3) is 0 Å². The smallest absolute Gasteiger partial charge is 0.243 e. The molecule has 0 spiro atoms. The highest BCUT2D eigenvalue weighted by molar-refractivity contribution is 5.89. The van der Waals surface area contributed by atoms with Crippen LogP contribution in [0.2, 0.25) is 0 Å². The highest BCUT2D eigenvalue weighted by atomic mass is 16.2. The molecule has 0 aromatic carbocycles. The summed E-state index contributed by atoms with van der Waals surface area (Å²) in [6.45, 7) is 3.18. The lowest BCUT2D eigenvalue weighted by atomic mass is 9.72. The molecule has 3 saturated heterocycles. The summed E-state index contributed by atoms with van der Waals surface area (Å²) in [6.07, 6.45) is 7.99. The Morgan fingerprint density at radius 3 is 3.04 bits per heavy atom. The molecular weight excluding hydrogens is 342 g/mol. The van der Waals surface area contributed by atoms with Crippen LogP contribution >= 0.6 is 0 Å². The molecule has 0 unspecified atom stereocenters. The van der Waals surface area contributed by atoms with Gasteiger partial charge in [0.25, 0.3) is 0 Å². The molecule has 4 heterocycles. The van der Waals surface area contributed by atoms with E-state index in [1.54, 1.807) is 12.4 Å². The fraction of sp³-hybridized carbons (Fsp3) is 0.650. The molecule has 1 aromatic rings. The highest BCUT2D eigenvalue weighted by Crippen LogP contribution is 2.39. The van der Waals surface area contributed by atoms with Crippen molar-refractivity contribution in [3.8, 4) is 0 Å². The van der Waals surface area contributed by atoms with Crippen molar-refractivity contribution in [1.82, 2.24) is 20.5 Å². The van der Waals surface area contributed by atoms with Gasteiger partial charge in [0.05, 0.1) is 5.69 Å². The lowest BCUT2D eigenvalue weighted by molar-refractivity contribution is -0.157. The number of hydrogen-bond donors (Lipinski definition) is 3. The Labute approximate surface area is 160 Å². The number of fused-ring (bicyclic) bond motifs is 4. The van der Waals surface area contributed by atoms with Crippen LogP contribution in [-0.2, 0) is 9.59 Å². The maximum Gasteiger partial charge on any atom is 0.243 e. The molecule has 146 valence electrons. The second-order valence-electron chi connectivity index (χ2n) is 7.93. The number of pyridine rings is 1. The normalized spacial score (nSPS) is 29.8. The van der Waals surface area contributed by atoms with E-state index in [2.05, 4.69) is 20.9 Å². The third-order valence-electron chi connectivity index (χ3n) is 6.16. The number of hydrogen-bond acceptors (Lipinski definition) is 5. The van der Waals surface area contributed by atoms with Crippen molar-refractivity contribution in [1.29, 1.82) is 0 Å². The Bertz CT molecular complexity index is 668. The summed E-state index contributed by atoms with van der Waals surface area (Å²) in [4.78, 5) is 31.6. The minimum absolute atomic E-state index is 0.0174. The van der Waals surface area contributed by atoms with Gasteiger partial charge < -0.3 is 20.9 Å². The molecule has 3 fully saturated rings. The van der Waals surface area contributed by atoms with E-state index in [-0.39, 0.29) is 29.8 Å². The standard InChI is InChI=1S/C20H29N5O2/c26-18-6-1-5-17-14-10-15(12-22-11-14)19(25(17)18)20(27)24-9-3-8-23-16-4-2-7-21-13-16/h2,4,7,13-15,17,19,22-23H,1,3,5-6,8-12H2,(H,24,27)/t14-,15+,17+,19-/m1/s1. The summed E-state index contributed by atoms with van der Waals surface area (Å²) in [5.41, 5.74) is 0.984. The van der Waals surface area contributed by atoms with Gasteiger partial charge in [-0.3, -0.25) is 14.6 Å². The molecule has 2 amide bonds. The average Bonchev–Trinajstić information content (AvgIpc) is 2.70. The van der Waals surface area contributed by atoms with E-state index in [0.29, 0.717) is 18.9 Å². The lowest BCUT2D eigenvalue weighted by Gasteiger charge is -2.53. The van der Waals surface area contributed by atoms with Gasteiger partial charge in [-0.15, -0.1) is 0 Å². The van der Waals surface area contributed by atoms with Gasteiger partial charge in [0.1, 0.15) is 6.04 Å². The van der Waals surface area contributed by atoms with Crippen molar-refractivity contribution in [3.05, 3.63) is 24.5 Å². The number of nitrogens with one attached hydrogen (secondary N) is 3. The van der Waals surface area contributed by atoms with Gasteiger partial charge in [0.2, 0.25) is 11.8 Å². The first kappa shape index (κ1) is 18.2. The zero-order chi connectivity index (χ0) is 18.6. The second kappa shape index (κ2) is 8.25. The molecule has 0 saturated carbocycles. The van der Waals surface area contributed by atoms with Gasteiger partial charge >= 0.3 is 0 Å². The Hall–Kier alpha value is -2.15. The summed E-state index contributed by atoms with van der Waals surface area (Å²) in [6, 6.07) is 3.80. The van der Waals surface area contributed by atoms with Gasteiger partial charge in [-0.05, 0) is 50.3 Å². The van der Waals surface area contributed by atoms with E-state index in [1.807, 2.05) is 17.0 Å². The van der Waals surface area contributed by atoms with Crippen molar-refractivity contribution in [2.45, 2.75) is 44.2 Å². The van der Waals surface area contributed by atoms with E-state index in [9.17, 15) is 9.59 Å². The topological polar surface area (TPSA) is 86.4 Å². The Morgan fingerprint density at radius 1 is 1.30 bits per heavy atom. The van der Waals surface area contributed by atoms with Crippen LogP contribution < -0.4 is 16.0 Å². The van der Waals surface area contributed by atoms with Gasteiger partial charge in [0.15, 0.2) is 0 Å². The Balaban J connectivity index is 1.31. The van der Waals surface area contributed by atoms with E-state index < -0.39 is 0 Å². The largest absolute Gasteiger partial charge is 0.384 e. The number of rotatable bonds is 6. The van der Waals surface area contributed by atoms with Crippen LogP contribution in [0.5, 0.6) is 0 Å². The van der Waals surface area contributed by atoms with Crippen LogP contribution in [0.4, 0.5) is 5.69 Å². The minimum Gasteiger partial charge on any atom is -0.384 e. The van der Waals surface area contributed by atoms with Gasteiger partial charge in [-0.1, -0.05) is 0 Å². The molecule has 1 aromatic heterocycles. The quantitative estimate of drug-likeness (QED) is 0.649. The fourth-order valence-corrected chi connectivity index (χ4v) is 4.96. The van der Waals surface area contributed by atoms with Crippen LogP contribution in [-0.4, -0.2) is 60.0 Å². The third-order valence-corrected chi connectivity index (χ3v) is 6.16. The zero-order valence-corrected chi connectivity index (χ0v) is 15.7. The molecular formula is C20H29N5O2. The number of carbonyl (C=O) groups excluding carboxylic acids is 2. The average molecular weight is 371 g/mol. The van der Waals surface area contributed by atoms with Crippen LogP contribution in [0.3, 0.4) is 0 Å². The monoisotopic (exact) mass is 371 g/mol. The number of nitrogens with zero attached hydrogens (tertiary/aromatic N) is 2. The van der Waals surface area contributed by atoms with Crippen molar-refractivity contribution in [3.63, 3.8) is 0 Å². The number of piperidine rings is 3. The molecule has 0 aliphatic carbocycles. The summed E-state index contributed by atoms with van der Waals surface area (Å²) >= 11 is 0. The van der Waals surface area contributed by atoms with Crippen molar-refractivity contribution in [2.24, 2.45) is 11.8 Å². The van der Waals surface area contributed by atoms with E-state index in [1.165, 1.54) is 0 Å². The first-order valence-electron chi connectivity index (χ1n) is 10.2. The van der Waals surface area contributed by atoms with E-state index >= 15 is 0 Å². The first-order chi connectivity index (χ1) is 13.2. The first-order valence-corrected chi connectivity index (χ1v) is 10.2. The van der Waals surface area contributed by atoms with Gasteiger partial charge in [-0.2, -0.15) is 0 Å². The molecule has 0 radical (unpaired) electrons. The summed E-state index contributed by atoms with van der Waals surface area (Å²) in [7, 11) is 0. The van der Waals surface area contributed by atoms with Gasteiger partial charge in [0, 0.05) is 50.4 Å². The maximum absolute atomic E-state index is 13.0. The maximum atomic E-state index is 13.0. The molecule has 4 atom stereocenters. The van der Waals surface area contributed by atoms with Crippen molar-refractivity contribution < 1.29 is 9.59 Å². The molecule has 7 heteroatoms. The second-order valence-corrected chi connectivity index (χ2v) is 7.93. The highest BCUT2D eigenvalue weighted by Gasteiger charge is 2.50. The summed E-state index contributed by atoms with van der Waals surface area (Å²) < 4.78 is 0. The summed E-state index contributed by atoms with van der Waals surface area (Å²) in [5, 5.41) is 9.86. The summed E-state index contributed by atoms with van der Waals surface area (Å²) in [5.74, 6) is 0.918. The molecule has 27 heavy (non-hydrogen) atoms. The fourth-order valence-electron chi connectivity index (χ4n) is 4.96. The number of aromatic nitrogens is 1. The van der Waals surface area contributed by atoms with Crippen LogP contribution in [0, 0.1) is 11.8 Å². The van der Waals surface area contributed by atoms with Crippen molar-refractivity contribution >= 4 is 17.5 Å². The molecule has 3 N–H and O–H groups in total. The molecule has 3 aliphatic heterocycles. The third kappa shape index (κ3) is 3.93. The molecule has 3 aliphatic rings. The predicted octanol–water partition coefficient (Wildman–Crippen LogP) is 0.989. The van der Waals surface area contributed by atoms with Crippen molar-refractivity contribution in [2.75, 3.05) is 31.5 Å². The molecule has 2 bridgehead atoms. The number of amides is 2. The lowest BCUT2D eigenvalue weighted by Crippen LogP contribution is -2.68. The number of carbonyl (C=O) groups is 2. The number of anilines is 1. The SMILES string of the molecule is O=C(NCCCNc1cccnc1)[C@H]1[C@@H]2CNC[C@@H](C2)[C@@H]2CCCC(=O)N21.